The highest BCUT2D eigenvalue weighted by atomic mass is 16.5. The molecule has 7 N–H and O–H groups in total. The first kappa shape index (κ1) is 18.4. The lowest BCUT2D eigenvalue weighted by Crippen LogP contribution is -2.28. The van der Waals surface area contributed by atoms with Crippen molar-refractivity contribution in [1.82, 2.24) is 14.5 Å². The summed E-state index contributed by atoms with van der Waals surface area (Å²) in [6.45, 7) is -1.03. The van der Waals surface area contributed by atoms with Crippen LogP contribution in [0, 0.1) is 0 Å². The number of rotatable bonds is 4. The Labute approximate surface area is 125 Å². The Morgan fingerprint density at radius 1 is 1.41 bits per heavy atom. The zero-order chi connectivity index (χ0) is 16.7. The zero-order valence-corrected chi connectivity index (χ0v) is 11.7. The first-order valence-corrected chi connectivity index (χ1v) is 6.47. The highest BCUT2D eigenvalue weighted by Gasteiger charge is 2.35. The Bertz CT molecular complexity index is 507. The lowest BCUT2D eigenvalue weighted by molar-refractivity contribution is -0.0462. The fraction of sp³-hybridized carbons (Fsp3) is 0.727. The van der Waals surface area contributed by atoms with Crippen molar-refractivity contribution in [3.8, 4) is 0 Å². The average molecular weight is 320 g/mol. The van der Waals surface area contributed by atoms with E-state index >= 15 is 0 Å². The molecule has 0 unspecified atom stereocenters. The Hall–Kier alpha value is -1.63. The number of nitrogens with two attached hydrogens (primary N) is 1. The van der Waals surface area contributed by atoms with E-state index in [2.05, 4.69) is 9.97 Å². The summed E-state index contributed by atoms with van der Waals surface area (Å²) in [5, 5.41) is 42.4. The summed E-state index contributed by atoms with van der Waals surface area (Å²) < 4.78 is 6.41. The molecule has 126 valence electrons. The molecule has 0 bridgehead atoms. The van der Waals surface area contributed by atoms with Gasteiger partial charge in [0.1, 0.15) is 24.8 Å². The fourth-order valence-corrected chi connectivity index (χ4v) is 1.66. The highest BCUT2D eigenvalue weighted by molar-refractivity contribution is 5.09. The van der Waals surface area contributed by atoms with E-state index in [0.29, 0.717) is 0 Å². The van der Waals surface area contributed by atoms with E-state index in [0.717, 1.165) is 4.57 Å². The molecular formula is C11H20N4O7. The Balaban J connectivity index is 0.000000346. The Kier molecular flexibility index (Phi) is 7.31. The predicted molar refractivity (Wildman–Crippen MR) is 72.5 cm³/mol. The average Bonchev–Trinajstić information content (AvgIpc) is 2.87. The van der Waals surface area contributed by atoms with Crippen molar-refractivity contribution in [2.75, 3.05) is 25.6 Å². The van der Waals surface area contributed by atoms with E-state index in [4.69, 9.17) is 30.9 Å². The second-order valence-electron chi connectivity index (χ2n) is 4.54. The minimum atomic E-state index is -0.954. The molecule has 2 rings (SSSR count). The summed E-state index contributed by atoms with van der Waals surface area (Å²) >= 11 is 0. The van der Waals surface area contributed by atoms with E-state index in [1.54, 1.807) is 0 Å². The number of nitrogen functional groups attached to an aromatic ring is 1. The van der Waals surface area contributed by atoms with Gasteiger partial charge in [-0.1, -0.05) is 0 Å². The number of anilines is 1. The lowest BCUT2D eigenvalue weighted by atomic mass is 10.2. The minimum Gasteiger partial charge on any atom is -0.394 e. The van der Waals surface area contributed by atoms with Gasteiger partial charge in [0.05, 0.1) is 25.9 Å². The Morgan fingerprint density at radius 2 is 2.05 bits per heavy atom. The highest BCUT2D eigenvalue weighted by Crippen LogP contribution is 2.26. The third-order valence-electron chi connectivity index (χ3n) is 2.86. The number of nitrogens with zero attached hydrogens (tertiary/aromatic N) is 3. The zero-order valence-electron chi connectivity index (χ0n) is 11.7. The molecule has 0 amide bonds. The maximum absolute atomic E-state index is 11.4. The minimum absolute atomic E-state index is 0.112. The molecule has 1 fully saturated rings. The standard InChI is InChI=1S/C8H12N4O4.C3H8O3/c9-7-10-3-12(8(15)11-7)6-1-4(14)5(2-13)16-6;4-1-3(6)2-5/h3-6,13-14H,1-2H2,(H2,9,11,15);3-6H,1-2H2/t4-,5+,6+;/m0./s1. The number of hydrogen-bond donors (Lipinski definition) is 6. The first-order chi connectivity index (χ1) is 10.4. The van der Waals surface area contributed by atoms with Crippen molar-refractivity contribution in [2.24, 2.45) is 0 Å². The van der Waals surface area contributed by atoms with Crippen molar-refractivity contribution >= 4 is 5.95 Å². The molecule has 11 nitrogen and oxygen atoms in total. The van der Waals surface area contributed by atoms with Gasteiger partial charge in [-0.25, -0.2) is 9.78 Å². The van der Waals surface area contributed by atoms with Gasteiger partial charge in [-0.15, -0.1) is 0 Å². The fourth-order valence-electron chi connectivity index (χ4n) is 1.66. The molecule has 1 saturated heterocycles. The van der Waals surface area contributed by atoms with Crippen LogP contribution in [-0.4, -0.2) is 78.2 Å². The molecule has 3 atom stereocenters. The molecule has 1 aliphatic rings. The van der Waals surface area contributed by atoms with Crippen molar-refractivity contribution in [1.29, 1.82) is 0 Å². The molecule has 0 spiro atoms. The number of aliphatic hydroxyl groups excluding tert-OH is 5. The normalized spacial score (nSPS) is 24.2. The molecule has 0 saturated carbocycles. The van der Waals surface area contributed by atoms with Crippen LogP contribution >= 0.6 is 0 Å². The van der Waals surface area contributed by atoms with Crippen LogP contribution in [0.1, 0.15) is 12.6 Å². The summed E-state index contributed by atoms with van der Waals surface area (Å²) in [6.07, 6.45) is -1.70. The van der Waals surface area contributed by atoms with E-state index in [-0.39, 0.29) is 32.2 Å². The summed E-state index contributed by atoms with van der Waals surface area (Å²) in [5.74, 6) is -0.112. The van der Waals surface area contributed by atoms with Crippen molar-refractivity contribution in [3.63, 3.8) is 0 Å². The second kappa shape index (κ2) is 8.73. The smallest absolute Gasteiger partial charge is 0.354 e. The van der Waals surface area contributed by atoms with Crippen molar-refractivity contribution in [3.05, 3.63) is 16.8 Å². The molecule has 22 heavy (non-hydrogen) atoms. The third kappa shape index (κ3) is 4.98. The molecule has 0 aromatic carbocycles. The molecule has 1 aromatic heterocycles. The van der Waals surface area contributed by atoms with Crippen LogP contribution in [0.25, 0.3) is 0 Å². The third-order valence-corrected chi connectivity index (χ3v) is 2.86. The summed E-state index contributed by atoms with van der Waals surface area (Å²) in [4.78, 5) is 18.5. The monoisotopic (exact) mass is 320 g/mol. The van der Waals surface area contributed by atoms with Crippen molar-refractivity contribution < 1.29 is 30.3 Å². The second-order valence-corrected chi connectivity index (χ2v) is 4.54. The molecule has 0 aliphatic carbocycles. The van der Waals surface area contributed by atoms with Gasteiger partial charge in [-0.2, -0.15) is 4.98 Å². The van der Waals surface area contributed by atoms with Gasteiger partial charge >= 0.3 is 5.69 Å². The summed E-state index contributed by atoms with van der Waals surface area (Å²) in [6, 6.07) is 0. The van der Waals surface area contributed by atoms with Crippen LogP contribution in [0.3, 0.4) is 0 Å². The molecule has 0 radical (unpaired) electrons. The van der Waals surface area contributed by atoms with Crippen LogP contribution in [0.4, 0.5) is 5.95 Å². The van der Waals surface area contributed by atoms with Crippen LogP contribution < -0.4 is 11.4 Å². The molecule has 1 aliphatic heterocycles. The van der Waals surface area contributed by atoms with E-state index in [1.165, 1.54) is 6.33 Å². The summed E-state index contributed by atoms with van der Waals surface area (Å²) in [5.41, 5.74) is 4.65. The van der Waals surface area contributed by atoms with Crippen LogP contribution in [0.2, 0.25) is 0 Å². The van der Waals surface area contributed by atoms with Gasteiger partial charge in [-0.05, 0) is 0 Å². The SMILES string of the molecule is Nc1ncn([C@H]2C[C@H](O)[C@@H](CO)O2)c(=O)n1.OCC(O)CO. The quantitative estimate of drug-likeness (QED) is 0.321. The first-order valence-electron chi connectivity index (χ1n) is 6.47. The molecule has 2 heterocycles. The van der Waals surface area contributed by atoms with Gasteiger partial charge < -0.3 is 36.0 Å². The number of hydrogen-bond acceptors (Lipinski definition) is 10. The van der Waals surface area contributed by atoms with Gasteiger partial charge in [0.2, 0.25) is 5.95 Å². The van der Waals surface area contributed by atoms with Gasteiger partial charge in [-0.3, -0.25) is 4.57 Å². The van der Waals surface area contributed by atoms with Gasteiger partial charge in [0.25, 0.3) is 0 Å². The van der Waals surface area contributed by atoms with Crippen LogP contribution in [0.15, 0.2) is 11.1 Å². The van der Waals surface area contributed by atoms with Crippen molar-refractivity contribution in [2.45, 2.75) is 31.0 Å². The van der Waals surface area contributed by atoms with Crippen LogP contribution in [0.5, 0.6) is 0 Å². The van der Waals surface area contributed by atoms with Gasteiger partial charge in [0.15, 0.2) is 0 Å². The van der Waals surface area contributed by atoms with E-state index in [9.17, 15) is 9.90 Å². The number of aliphatic hydroxyl groups is 5. The predicted octanol–water partition coefficient (Wildman–Crippen LogP) is -3.81. The summed E-state index contributed by atoms with van der Waals surface area (Å²) in [7, 11) is 0. The van der Waals surface area contributed by atoms with Crippen LogP contribution in [-0.2, 0) is 4.74 Å². The maximum atomic E-state index is 11.4. The largest absolute Gasteiger partial charge is 0.394 e. The molecule has 1 aromatic rings. The number of aromatic nitrogens is 3. The van der Waals surface area contributed by atoms with E-state index < -0.39 is 30.2 Å². The Morgan fingerprint density at radius 3 is 2.45 bits per heavy atom. The topological polar surface area (TPSA) is 184 Å². The van der Waals surface area contributed by atoms with E-state index in [1.807, 2.05) is 0 Å². The number of ether oxygens (including phenoxy) is 1. The molecular weight excluding hydrogens is 300 g/mol. The lowest BCUT2D eigenvalue weighted by Gasteiger charge is -2.13. The molecule has 11 heteroatoms. The maximum Gasteiger partial charge on any atom is 0.354 e. The van der Waals surface area contributed by atoms with Gasteiger partial charge in [0, 0.05) is 6.42 Å².